The molecular weight excluding hydrogens is 398 g/mol. The fourth-order valence-electron chi connectivity index (χ4n) is 1.73. The maximum Gasteiger partial charge on any atom is 0.418 e. The molecular formula is C13H7Cl3F3NO2S. The molecule has 2 aromatic carbocycles. The Morgan fingerprint density at radius 3 is 2.09 bits per heavy atom. The lowest BCUT2D eigenvalue weighted by molar-refractivity contribution is -0.136. The molecule has 0 atom stereocenters. The van der Waals surface area contributed by atoms with Crippen molar-refractivity contribution >= 4 is 50.5 Å². The maximum absolute atomic E-state index is 12.9. The largest absolute Gasteiger partial charge is 0.418 e. The summed E-state index contributed by atoms with van der Waals surface area (Å²) in [5, 5.41) is -0.344. The van der Waals surface area contributed by atoms with Crippen LogP contribution in [0.4, 0.5) is 18.9 Å². The van der Waals surface area contributed by atoms with Crippen LogP contribution in [0.5, 0.6) is 0 Å². The molecule has 10 heteroatoms. The van der Waals surface area contributed by atoms with Crippen LogP contribution in [-0.4, -0.2) is 8.42 Å². The molecule has 0 aliphatic carbocycles. The molecule has 0 bridgehead atoms. The van der Waals surface area contributed by atoms with Gasteiger partial charge in [-0.25, -0.2) is 8.42 Å². The number of sulfonamides is 1. The van der Waals surface area contributed by atoms with Gasteiger partial charge in [-0.05, 0) is 24.3 Å². The first-order valence-corrected chi connectivity index (χ1v) is 8.47. The Hall–Kier alpha value is -1.15. The van der Waals surface area contributed by atoms with Gasteiger partial charge in [-0.3, -0.25) is 4.72 Å². The van der Waals surface area contributed by atoms with E-state index in [4.69, 9.17) is 34.8 Å². The van der Waals surface area contributed by atoms with E-state index in [2.05, 4.69) is 0 Å². The normalized spacial score (nSPS) is 12.3. The van der Waals surface area contributed by atoms with Crippen molar-refractivity contribution in [2.45, 2.75) is 11.1 Å². The predicted molar refractivity (Wildman–Crippen MR) is 83.7 cm³/mol. The van der Waals surface area contributed by atoms with E-state index in [-0.39, 0.29) is 15.1 Å². The van der Waals surface area contributed by atoms with Crippen molar-refractivity contribution in [1.82, 2.24) is 0 Å². The van der Waals surface area contributed by atoms with E-state index in [0.29, 0.717) is 0 Å². The molecule has 0 aromatic heterocycles. The Kier molecular flexibility index (Phi) is 5.06. The van der Waals surface area contributed by atoms with Crippen molar-refractivity contribution in [3.63, 3.8) is 0 Å². The number of halogens is 6. The van der Waals surface area contributed by atoms with Crippen LogP contribution in [0.25, 0.3) is 0 Å². The molecule has 0 heterocycles. The summed E-state index contributed by atoms with van der Waals surface area (Å²) < 4.78 is 65.2. The highest BCUT2D eigenvalue weighted by atomic mass is 35.5. The third kappa shape index (κ3) is 4.03. The lowest BCUT2D eigenvalue weighted by atomic mass is 10.2. The van der Waals surface area contributed by atoms with Gasteiger partial charge in [0, 0.05) is 0 Å². The van der Waals surface area contributed by atoms with Crippen LogP contribution in [0, 0.1) is 0 Å². The SMILES string of the molecule is O=S(=O)(Nc1ccccc1C(F)(F)F)c1cc(Cl)c(Cl)cc1Cl. The van der Waals surface area contributed by atoms with Gasteiger partial charge in [-0.1, -0.05) is 46.9 Å². The fraction of sp³-hybridized carbons (Fsp3) is 0.0769. The minimum absolute atomic E-state index is 0.0197. The minimum Gasteiger partial charge on any atom is -0.279 e. The maximum atomic E-state index is 12.9. The zero-order valence-electron chi connectivity index (χ0n) is 11.0. The molecule has 0 radical (unpaired) electrons. The molecule has 0 amide bonds. The second kappa shape index (κ2) is 6.39. The van der Waals surface area contributed by atoms with Crippen LogP contribution in [0.2, 0.25) is 15.1 Å². The molecule has 124 valence electrons. The number of alkyl halides is 3. The summed E-state index contributed by atoms with van der Waals surface area (Å²) in [6.45, 7) is 0. The molecule has 0 saturated carbocycles. The van der Waals surface area contributed by atoms with Crippen molar-refractivity contribution in [2.75, 3.05) is 4.72 Å². The second-order valence-corrected chi connectivity index (χ2v) is 7.22. The number of benzene rings is 2. The highest BCUT2D eigenvalue weighted by molar-refractivity contribution is 7.92. The van der Waals surface area contributed by atoms with Crippen LogP contribution in [0.1, 0.15) is 5.56 Å². The molecule has 0 spiro atoms. The molecule has 0 unspecified atom stereocenters. The fourth-order valence-corrected chi connectivity index (χ4v) is 3.81. The Bertz CT molecular complexity index is 854. The van der Waals surface area contributed by atoms with Crippen LogP contribution in [-0.2, 0) is 16.2 Å². The van der Waals surface area contributed by atoms with E-state index in [1.54, 1.807) is 0 Å². The number of rotatable bonds is 3. The summed E-state index contributed by atoms with van der Waals surface area (Å²) in [4.78, 5) is -0.481. The van der Waals surface area contributed by atoms with Gasteiger partial charge in [0.05, 0.1) is 26.3 Å². The van der Waals surface area contributed by atoms with Crippen molar-refractivity contribution in [2.24, 2.45) is 0 Å². The van der Waals surface area contributed by atoms with Gasteiger partial charge >= 0.3 is 6.18 Å². The summed E-state index contributed by atoms with van der Waals surface area (Å²) in [6.07, 6.45) is -4.72. The first-order valence-electron chi connectivity index (χ1n) is 5.86. The molecule has 2 rings (SSSR count). The molecule has 3 nitrogen and oxygen atoms in total. The van der Waals surface area contributed by atoms with E-state index in [0.717, 1.165) is 30.3 Å². The first-order chi connectivity index (χ1) is 10.5. The van der Waals surface area contributed by atoms with Crippen LogP contribution in [0.15, 0.2) is 41.3 Å². The van der Waals surface area contributed by atoms with E-state index < -0.39 is 32.3 Å². The van der Waals surface area contributed by atoms with Gasteiger partial charge in [0.1, 0.15) is 4.90 Å². The number of nitrogens with one attached hydrogen (secondary N) is 1. The topological polar surface area (TPSA) is 46.2 Å². The average molecular weight is 405 g/mol. The van der Waals surface area contributed by atoms with E-state index in [1.165, 1.54) is 6.07 Å². The quantitative estimate of drug-likeness (QED) is 0.690. The van der Waals surface area contributed by atoms with Gasteiger partial charge in [-0.15, -0.1) is 0 Å². The lowest BCUT2D eigenvalue weighted by Gasteiger charge is -2.15. The van der Waals surface area contributed by atoms with Gasteiger partial charge in [0.2, 0.25) is 0 Å². The van der Waals surface area contributed by atoms with Crippen LogP contribution >= 0.6 is 34.8 Å². The molecule has 0 fully saturated rings. The molecule has 0 saturated heterocycles. The number of para-hydroxylation sites is 1. The van der Waals surface area contributed by atoms with Gasteiger partial charge in [0.25, 0.3) is 10.0 Å². The van der Waals surface area contributed by atoms with Crippen molar-refractivity contribution in [3.05, 3.63) is 57.0 Å². The molecule has 0 aliphatic rings. The average Bonchev–Trinajstić information content (AvgIpc) is 2.41. The van der Waals surface area contributed by atoms with E-state index in [9.17, 15) is 21.6 Å². The predicted octanol–water partition coefficient (Wildman–Crippen LogP) is 5.47. The third-order valence-corrected chi connectivity index (χ3v) is 5.29. The molecule has 1 N–H and O–H groups in total. The monoisotopic (exact) mass is 403 g/mol. The van der Waals surface area contributed by atoms with Crippen molar-refractivity contribution < 1.29 is 21.6 Å². The van der Waals surface area contributed by atoms with Gasteiger partial charge in [0.15, 0.2) is 0 Å². The molecule has 2 aromatic rings. The second-order valence-electron chi connectivity index (χ2n) is 4.35. The summed E-state index contributed by atoms with van der Waals surface area (Å²) in [6, 6.07) is 6.22. The Balaban J connectivity index is 2.51. The van der Waals surface area contributed by atoms with E-state index >= 15 is 0 Å². The number of anilines is 1. The zero-order chi connectivity index (χ0) is 17.4. The zero-order valence-corrected chi connectivity index (χ0v) is 14.0. The molecule has 23 heavy (non-hydrogen) atoms. The highest BCUT2D eigenvalue weighted by Crippen LogP contribution is 2.37. The summed E-state index contributed by atoms with van der Waals surface area (Å²) >= 11 is 17.2. The Labute approximate surface area is 145 Å². The summed E-state index contributed by atoms with van der Waals surface area (Å²) in [7, 11) is -4.39. The summed E-state index contributed by atoms with van der Waals surface area (Å²) in [5.41, 5.74) is -1.75. The first kappa shape index (κ1) is 18.2. The standard InChI is InChI=1S/C13H7Cl3F3NO2S/c14-8-5-10(16)12(6-9(8)15)23(21,22)20-11-4-2-1-3-7(11)13(17,18)19/h1-6,20H. The van der Waals surface area contributed by atoms with Crippen molar-refractivity contribution in [1.29, 1.82) is 0 Å². The minimum atomic E-state index is -4.72. The number of hydrogen-bond donors (Lipinski definition) is 1. The Morgan fingerprint density at radius 2 is 1.48 bits per heavy atom. The smallest absolute Gasteiger partial charge is 0.279 e. The third-order valence-electron chi connectivity index (χ3n) is 2.74. The van der Waals surface area contributed by atoms with Gasteiger partial charge in [-0.2, -0.15) is 13.2 Å². The van der Waals surface area contributed by atoms with Gasteiger partial charge < -0.3 is 0 Å². The van der Waals surface area contributed by atoms with E-state index in [1.807, 2.05) is 4.72 Å². The lowest BCUT2D eigenvalue weighted by Crippen LogP contribution is -2.17. The summed E-state index contributed by atoms with van der Waals surface area (Å²) in [5.74, 6) is 0. The highest BCUT2D eigenvalue weighted by Gasteiger charge is 2.34. The van der Waals surface area contributed by atoms with Crippen LogP contribution in [0.3, 0.4) is 0 Å². The number of hydrogen-bond acceptors (Lipinski definition) is 2. The van der Waals surface area contributed by atoms with Crippen molar-refractivity contribution in [3.8, 4) is 0 Å². The molecule has 0 aliphatic heterocycles. The van der Waals surface area contributed by atoms with Crippen LogP contribution < -0.4 is 4.72 Å². The Morgan fingerprint density at radius 1 is 0.913 bits per heavy atom.